The summed E-state index contributed by atoms with van der Waals surface area (Å²) < 4.78 is 28.7. The minimum atomic E-state index is -3.97. The molecule has 0 spiro atoms. The first-order chi connectivity index (χ1) is 13.9. The zero-order chi connectivity index (χ0) is 20.6. The lowest BCUT2D eigenvalue weighted by Gasteiger charge is -2.36. The van der Waals surface area contributed by atoms with Crippen LogP contribution in [-0.2, 0) is 14.8 Å². The van der Waals surface area contributed by atoms with Crippen molar-refractivity contribution in [3.8, 4) is 0 Å². The standard InChI is InChI=1S/C23H26N2O3S/c1-3-25-20-12-8-7-11-19(20)21(18-9-5-4-6-10-18)22(29(25,27)28)23(26)24-15-13-17(2)14-16-24/h4-12,17H,3,13-16H2,1-2H3. The maximum absolute atomic E-state index is 13.7. The summed E-state index contributed by atoms with van der Waals surface area (Å²) in [4.78, 5) is 15.2. The van der Waals surface area contributed by atoms with E-state index < -0.39 is 10.0 Å². The molecule has 0 radical (unpaired) electrons. The molecule has 1 amide bonds. The topological polar surface area (TPSA) is 57.7 Å². The first-order valence-electron chi connectivity index (χ1n) is 10.2. The van der Waals surface area contributed by atoms with Crippen molar-refractivity contribution in [2.24, 2.45) is 5.92 Å². The Morgan fingerprint density at radius 3 is 2.28 bits per heavy atom. The first-order valence-corrected chi connectivity index (χ1v) is 11.6. The molecule has 0 N–H and O–H groups in total. The van der Waals surface area contributed by atoms with E-state index in [1.807, 2.05) is 54.6 Å². The maximum Gasteiger partial charge on any atom is 0.270 e. The van der Waals surface area contributed by atoms with Gasteiger partial charge in [0, 0.05) is 30.8 Å². The van der Waals surface area contributed by atoms with E-state index in [4.69, 9.17) is 0 Å². The van der Waals surface area contributed by atoms with Gasteiger partial charge < -0.3 is 4.90 Å². The van der Waals surface area contributed by atoms with Crippen LogP contribution < -0.4 is 4.31 Å². The third kappa shape index (κ3) is 3.35. The quantitative estimate of drug-likeness (QED) is 0.772. The second-order valence-electron chi connectivity index (χ2n) is 7.73. The van der Waals surface area contributed by atoms with E-state index in [0.29, 0.717) is 30.3 Å². The molecule has 2 aromatic carbocycles. The Labute approximate surface area is 172 Å². The van der Waals surface area contributed by atoms with Crippen LogP contribution in [0.15, 0.2) is 59.5 Å². The van der Waals surface area contributed by atoms with E-state index in [1.54, 1.807) is 11.8 Å². The molecule has 1 fully saturated rings. The first kappa shape index (κ1) is 19.7. The number of benzene rings is 2. The molecule has 0 saturated carbocycles. The number of sulfonamides is 1. The number of rotatable bonds is 3. The molecule has 2 aromatic rings. The van der Waals surface area contributed by atoms with E-state index in [9.17, 15) is 13.2 Å². The predicted molar refractivity (Wildman–Crippen MR) is 116 cm³/mol. The lowest BCUT2D eigenvalue weighted by Crippen LogP contribution is -2.45. The summed E-state index contributed by atoms with van der Waals surface area (Å²) in [6.45, 7) is 5.42. The van der Waals surface area contributed by atoms with Crippen LogP contribution >= 0.6 is 0 Å². The molecule has 0 unspecified atom stereocenters. The fraction of sp³-hybridized carbons (Fsp3) is 0.348. The van der Waals surface area contributed by atoms with E-state index in [0.717, 1.165) is 24.0 Å². The van der Waals surface area contributed by atoms with Crippen LogP contribution in [0, 0.1) is 5.92 Å². The highest BCUT2D eigenvalue weighted by atomic mass is 32.2. The van der Waals surface area contributed by atoms with Crippen LogP contribution in [0.2, 0.25) is 0 Å². The lowest BCUT2D eigenvalue weighted by molar-refractivity contribution is -0.127. The zero-order valence-corrected chi connectivity index (χ0v) is 17.7. The van der Waals surface area contributed by atoms with Crippen molar-refractivity contribution in [1.82, 2.24) is 4.90 Å². The van der Waals surface area contributed by atoms with Crippen LogP contribution in [0.5, 0.6) is 0 Å². The molecule has 1 saturated heterocycles. The van der Waals surface area contributed by atoms with Crippen LogP contribution in [0.4, 0.5) is 5.69 Å². The molecule has 0 aliphatic carbocycles. The van der Waals surface area contributed by atoms with Crippen molar-refractivity contribution >= 4 is 27.2 Å². The fourth-order valence-corrected chi connectivity index (χ4v) is 6.01. The summed E-state index contributed by atoms with van der Waals surface area (Å²) in [7, 11) is -3.97. The van der Waals surface area contributed by atoms with Gasteiger partial charge in [-0.3, -0.25) is 9.10 Å². The van der Waals surface area contributed by atoms with E-state index in [1.165, 1.54) is 4.31 Å². The van der Waals surface area contributed by atoms with Crippen molar-refractivity contribution in [2.75, 3.05) is 23.9 Å². The number of carbonyl (C=O) groups is 1. The van der Waals surface area contributed by atoms with Crippen LogP contribution in [0.25, 0.3) is 5.57 Å². The number of hydrogen-bond acceptors (Lipinski definition) is 3. The number of anilines is 1. The fourth-order valence-electron chi connectivity index (χ4n) is 4.20. The van der Waals surface area contributed by atoms with Gasteiger partial charge in [0.25, 0.3) is 15.9 Å². The average Bonchev–Trinajstić information content (AvgIpc) is 2.73. The molecular formula is C23H26N2O3S. The second-order valence-corrected chi connectivity index (χ2v) is 9.53. The molecule has 0 aromatic heterocycles. The Kier molecular flexibility index (Phi) is 5.21. The Morgan fingerprint density at radius 2 is 1.62 bits per heavy atom. The normalized spacial score (nSPS) is 19.2. The van der Waals surface area contributed by atoms with E-state index in [2.05, 4.69) is 6.92 Å². The molecule has 5 nitrogen and oxygen atoms in total. The molecule has 2 heterocycles. The van der Waals surface area contributed by atoms with Gasteiger partial charge in [-0.15, -0.1) is 0 Å². The van der Waals surface area contributed by atoms with Crippen molar-refractivity contribution in [2.45, 2.75) is 26.7 Å². The Balaban J connectivity index is 1.97. The minimum absolute atomic E-state index is 0.0983. The highest BCUT2D eigenvalue weighted by Crippen LogP contribution is 2.43. The molecule has 6 heteroatoms. The van der Waals surface area contributed by atoms with Gasteiger partial charge in [-0.2, -0.15) is 0 Å². The third-order valence-corrected chi connectivity index (χ3v) is 7.76. The van der Waals surface area contributed by atoms with Gasteiger partial charge >= 0.3 is 0 Å². The maximum atomic E-state index is 13.7. The number of hydrogen-bond donors (Lipinski definition) is 0. The largest absolute Gasteiger partial charge is 0.338 e. The van der Waals surface area contributed by atoms with Crippen molar-refractivity contribution in [1.29, 1.82) is 0 Å². The predicted octanol–water partition coefficient (Wildman–Crippen LogP) is 3.87. The Morgan fingerprint density at radius 1 is 1.00 bits per heavy atom. The van der Waals surface area contributed by atoms with Gasteiger partial charge in [0.05, 0.1) is 5.69 Å². The van der Waals surface area contributed by atoms with E-state index >= 15 is 0 Å². The van der Waals surface area contributed by atoms with Gasteiger partial charge in [-0.1, -0.05) is 55.5 Å². The van der Waals surface area contributed by atoms with Gasteiger partial charge in [-0.25, -0.2) is 8.42 Å². The number of para-hydroxylation sites is 1. The summed E-state index contributed by atoms with van der Waals surface area (Å²) in [5.41, 5.74) is 2.66. The van der Waals surface area contributed by atoms with Crippen LogP contribution in [0.3, 0.4) is 0 Å². The van der Waals surface area contributed by atoms with Crippen LogP contribution in [0.1, 0.15) is 37.8 Å². The van der Waals surface area contributed by atoms with Gasteiger partial charge in [0.15, 0.2) is 4.91 Å². The third-order valence-electron chi connectivity index (χ3n) is 5.83. The van der Waals surface area contributed by atoms with E-state index in [-0.39, 0.29) is 17.4 Å². The second kappa shape index (κ2) is 7.67. The summed E-state index contributed by atoms with van der Waals surface area (Å²) in [6, 6.07) is 16.8. The smallest absolute Gasteiger partial charge is 0.270 e. The number of fused-ring (bicyclic) bond motifs is 1. The van der Waals surface area contributed by atoms with Crippen molar-refractivity contribution in [3.63, 3.8) is 0 Å². The Bertz CT molecular complexity index is 1050. The minimum Gasteiger partial charge on any atom is -0.338 e. The molecule has 0 atom stereocenters. The summed E-state index contributed by atoms with van der Waals surface area (Å²) in [6.07, 6.45) is 1.79. The summed E-state index contributed by atoms with van der Waals surface area (Å²) >= 11 is 0. The summed E-state index contributed by atoms with van der Waals surface area (Å²) in [5, 5.41) is 0. The van der Waals surface area contributed by atoms with Gasteiger partial charge in [0.2, 0.25) is 0 Å². The SMILES string of the molecule is CCN1c2ccccc2C(c2ccccc2)=C(C(=O)N2CCC(C)CC2)S1(=O)=O. The van der Waals surface area contributed by atoms with Gasteiger partial charge in [0.1, 0.15) is 0 Å². The van der Waals surface area contributed by atoms with Crippen LogP contribution in [-0.4, -0.2) is 38.9 Å². The summed E-state index contributed by atoms with van der Waals surface area (Å²) in [5.74, 6) is 0.168. The number of piperidine rings is 1. The molecule has 2 aliphatic rings. The lowest BCUT2D eigenvalue weighted by atomic mass is 9.94. The number of likely N-dealkylation sites (tertiary alicyclic amines) is 1. The molecule has 29 heavy (non-hydrogen) atoms. The number of carbonyl (C=O) groups excluding carboxylic acids is 1. The highest BCUT2D eigenvalue weighted by Gasteiger charge is 2.42. The monoisotopic (exact) mass is 410 g/mol. The zero-order valence-electron chi connectivity index (χ0n) is 16.8. The molecular weight excluding hydrogens is 384 g/mol. The van der Waals surface area contributed by atoms with Crippen molar-refractivity contribution < 1.29 is 13.2 Å². The van der Waals surface area contributed by atoms with Crippen molar-refractivity contribution in [3.05, 3.63) is 70.6 Å². The highest BCUT2D eigenvalue weighted by molar-refractivity contribution is 7.97. The molecule has 0 bridgehead atoms. The Hall–Kier alpha value is -2.60. The average molecular weight is 411 g/mol. The molecule has 152 valence electrons. The number of amides is 1. The molecule has 2 aliphatic heterocycles. The molecule has 4 rings (SSSR count). The number of nitrogens with zero attached hydrogens (tertiary/aromatic N) is 2. The van der Waals surface area contributed by atoms with Gasteiger partial charge in [-0.05, 0) is 37.3 Å².